The zero-order valence-electron chi connectivity index (χ0n) is 8.72. The van der Waals surface area contributed by atoms with Gasteiger partial charge in [-0.1, -0.05) is 37.3 Å². The van der Waals surface area contributed by atoms with Crippen molar-refractivity contribution in [3.63, 3.8) is 0 Å². The van der Waals surface area contributed by atoms with Crippen molar-refractivity contribution in [2.45, 2.75) is 43.9 Å². The topological polar surface area (TPSA) is 0 Å². The minimum Gasteiger partial charge on any atom is -0.146 e. The lowest BCUT2D eigenvalue weighted by Gasteiger charge is -2.12. The van der Waals surface area contributed by atoms with E-state index in [9.17, 15) is 0 Å². The summed E-state index contributed by atoms with van der Waals surface area (Å²) in [5, 5.41) is 2.98. The maximum absolute atomic E-state index is 6.36. The molecule has 1 aliphatic rings. The lowest BCUT2D eigenvalue weighted by atomic mass is 10.0. The summed E-state index contributed by atoms with van der Waals surface area (Å²) in [6.45, 7) is 0. The molecule has 1 atom stereocenters. The molecule has 0 nitrogen and oxygen atoms in total. The van der Waals surface area contributed by atoms with Crippen LogP contribution < -0.4 is 0 Å². The predicted molar refractivity (Wildman–Crippen MR) is 69.1 cm³/mol. The Morgan fingerprint density at radius 2 is 2.13 bits per heavy atom. The maximum atomic E-state index is 6.36. The van der Waals surface area contributed by atoms with Crippen LogP contribution in [0.5, 0.6) is 0 Å². The van der Waals surface area contributed by atoms with Gasteiger partial charge in [-0.3, -0.25) is 0 Å². The lowest BCUT2D eigenvalue weighted by molar-refractivity contribution is 0.481. The Bertz CT molecular complexity index is 302. The number of rotatable bonds is 4. The molecule has 0 aromatic carbocycles. The number of hydrogen-bond donors (Lipinski definition) is 0. The molecule has 1 fully saturated rings. The third kappa shape index (κ3) is 3.12. The quantitative estimate of drug-likeness (QED) is 0.615. The molecule has 1 unspecified atom stereocenters. The predicted octanol–water partition coefficient (Wildman–Crippen LogP) is 5.65. The van der Waals surface area contributed by atoms with Gasteiger partial charge < -0.3 is 0 Å². The lowest BCUT2D eigenvalue weighted by Crippen LogP contribution is -1.96. The average molecular weight is 263 g/mol. The number of thiophene rings is 1. The van der Waals surface area contributed by atoms with Crippen LogP contribution in [0.4, 0.5) is 0 Å². The van der Waals surface area contributed by atoms with E-state index in [1.165, 1.54) is 32.1 Å². The Balaban J connectivity index is 1.81. The molecule has 0 spiro atoms. The molecule has 0 aliphatic heterocycles. The van der Waals surface area contributed by atoms with Gasteiger partial charge in [-0.25, -0.2) is 0 Å². The van der Waals surface area contributed by atoms with E-state index in [1.54, 1.807) is 11.3 Å². The van der Waals surface area contributed by atoms with Crippen LogP contribution in [0.25, 0.3) is 0 Å². The van der Waals surface area contributed by atoms with Crippen LogP contribution in [0.3, 0.4) is 0 Å². The van der Waals surface area contributed by atoms with Gasteiger partial charge in [0.25, 0.3) is 0 Å². The number of alkyl halides is 1. The highest BCUT2D eigenvalue weighted by Gasteiger charge is 2.18. The molecule has 0 amide bonds. The molecule has 3 heteroatoms. The summed E-state index contributed by atoms with van der Waals surface area (Å²) in [4.78, 5) is 1.15. The molecule has 1 saturated carbocycles. The highest BCUT2D eigenvalue weighted by atomic mass is 35.5. The molecule has 15 heavy (non-hydrogen) atoms. The number of hydrogen-bond acceptors (Lipinski definition) is 1. The molecule has 1 aromatic heterocycles. The average Bonchev–Trinajstić information content (AvgIpc) is 2.84. The van der Waals surface area contributed by atoms with Crippen molar-refractivity contribution < 1.29 is 0 Å². The van der Waals surface area contributed by atoms with Crippen LogP contribution in [-0.2, 0) is 0 Å². The summed E-state index contributed by atoms with van der Waals surface area (Å²) < 4.78 is 0. The minimum atomic E-state index is 0.123. The first kappa shape index (κ1) is 11.8. The molecule has 1 aromatic rings. The molecule has 1 heterocycles. The first-order chi connectivity index (χ1) is 7.27. The smallest absolute Gasteiger partial charge is 0.0693 e. The van der Waals surface area contributed by atoms with Gasteiger partial charge in [-0.2, -0.15) is 0 Å². The van der Waals surface area contributed by atoms with E-state index >= 15 is 0 Å². The third-order valence-electron chi connectivity index (χ3n) is 3.23. The molecular formula is C12H16Cl2S. The van der Waals surface area contributed by atoms with Crippen molar-refractivity contribution in [2.24, 2.45) is 5.92 Å². The van der Waals surface area contributed by atoms with Crippen LogP contribution in [0.15, 0.2) is 11.4 Å². The van der Waals surface area contributed by atoms with E-state index in [-0.39, 0.29) is 5.38 Å². The largest absolute Gasteiger partial charge is 0.146 e. The van der Waals surface area contributed by atoms with Crippen molar-refractivity contribution in [3.05, 3.63) is 21.3 Å². The van der Waals surface area contributed by atoms with Crippen LogP contribution in [0.2, 0.25) is 5.02 Å². The fourth-order valence-corrected chi connectivity index (χ4v) is 3.99. The van der Waals surface area contributed by atoms with Crippen molar-refractivity contribution in [3.8, 4) is 0 Å². The van der Waals surface area contributed by atoms with E-state index in [4.69, 9.17) is 23.2 Å². The van der Waals surface area contributed by atoms with E-state index in [2.05, 4.69) is 0 Å². The Labute approximate surface area is 106 Å². The van der Waals surface area contributed by atoms with Gasteiger partial charge in [0.15, 0.2) is 0 Å². The molecule has 84 valence electrons. The zero-order valence-corrected chi connectivity index (χ0v) is 11.0. The van der Waals surface area contributed by atoms with Gasteiger partial charge >= 0.3 is 0 Å². The molecular weight excluding hydrogens is 247 g/mol. The van der Waals surface area contributed by atoms with Crippen LogP contribution in [0.1, 0.15) is 48.8 Å². The summed E-state index contributed by atoms with van der Waals surface area (Å²) in [5.41, 5.74) is 0. The Morgan fingerprint density at radius 1 is 1.40 bits per heavy atom. The first-order valence-corrected chi connectivity index (χ1v) is 7.33. The normalized spacial score (nSPS) is 19.6. The summed E-state index contributed by atoms with van der Waals surface area (Å²) in [5.74, 6) is 0.921. The molecule has 0 saturated heterocycles. The molecule has 2 rings (SSSR count). The van der Waals surface area contributed by atoms with Gasteiger partial charge in [0.05, 0.1) is 10.4 Å². The van der Waals surface area contributed by atoms with Crippen LogP contribution in [-0.4, -0.2) is 0 Å². The van der Waals surface area contributed by atoms with Gasteiger partial charge in [0, 0.05) is 4.88 Å². The van der Waals surface area contributed by atoms with Gasteiger partial charge in [0.1, 0.15) is 0 Å². The van der Waals surface area contributed by atoms with Crippen molar-refractivity contribution >= 4 is 34.5 Å². The van der Waals surface area contributed by atoms with Gasteiger partial charge in [0.2, 0.25) is 0 Å². The summed E-state index contributed by atoms with van der Waals surface area (Å²) in [6.07, 6.45) is 7.98. The summed E-state index contributed by atoms with van der Waals surface area (Å²) >= 11 is 14.1. The van der Waals surface area contributed by atoms with Crippen LogP contribution in [0, 0.1) is 5.92 Å². The van der Waals surface area contributed by atoms with Crippen molar-refractivity contribution in [2.75, 3.05) is 0 Å². The fourth-order valence-electron chi connectivity index (χ4n) is 2.34. The summed E-state index contributed by atoms with van der Waals surface area (Å²) in [7, 11) is 0. The standard InChI is InChI=1S/C12H16Cl2S/c13-10(12-11(14)7-8-15-12)6-5-9-3-1-2-4-9/h7-10H,1-6H2. The maximum Gasteiger partial charge on any atom is 0.0693 e. The number of halogens is 2. The Kier molecular flexibility index (Phi) is 4.36. The molecule has 0 radical (unpaired) electrons. The first-order valence-electron chi connectivity index (χ1n) is 5.64. The Morgan fingerprint density at radius 3 is 2.73 bits per heavy atom. The second-order valence-corrected chi connectivity index (χ2v) is 6.21. The fraction of sp³-hybridized carbons (Fsp3) is 0.667. The highest BCUT2D eigenvalue weighted by molar-refractivity contribution is 7.11. The van der Waals surface area contributed by atoms with Crippen molar-refractivity contribution in [1.82, 2.24) is 0 Å². The molecule has 0 bridgehead atoms. The van der Waals surface area contributed by atoms with Gasteiger partial charge in [-0.05, 0) is 30.2 Å². The van der Waals surface area contributed by atoms with E-state index in [0.717, 1.165) is 22.2 Å². The van der Waals surface area contributed by atoms with E-state index in [0.29, 0.717) is 0 Å². The van der Waals surface area contributed by atoms with E-state index in [1.807, 2.05) is 11.4 Å². The highest BCUT2D eigenvalue weighted by Crippen LogP contribution is 2.38. The Hall–Kier alpha value is 0.280. The molecule has 1 aliphatic carbocycles. The summed E-state index contributed by atoms with van der Waals surface area (Å²) in [6, 6.07) is 1.94. The van der Waals surface area contributed by atoms with Gasteiger partial charge in [-0.15, -0.1) is 22.9 Å². The zero-order chi connectivity index (χ0) is 10.7. The van der Waals surface area contributed by atoms with Crippen molar-refractivity contribution in [1.29, 1.82) is 0 Å². The van der Waals surface area contributed by atoms with Crippen LogP contribution >= 0.6 is 34.5 Å². The molecule has 0 N–H and O–H groups in total. The minimum absolute atomic E-state index is 0.123. The second-order valence-electron chi connectivity index (χ2n) is 4.33. The SMILES string of the molecule is Clc1ccsc1C(Cl)CCC1CCCC1. The monoisotopic (exact) mass is 262 g/mol. The second kappa shape index (κ2) is 5.56. The van der Waals surface area contributed by atoms with E-state index < -0.39 is 0 Å². The third-order valence-corrected chi connectivity index (χ3v) is 5.27.